The summed E-state index contributed by atoms with van der Waals surface area (Å²) < 4.78 is 11.8. The van der Waals surface area contributed by atoms with Crippen LogP contribution in [-0.2, 0) is 29.2 Å². The lowest BCUT2D eigenvalue weighted by Gasteiger charge is -2.41. The van der Waals surface area contributed by atoms with Crippen LogP contribution < -0.4 is 14.8 Å². The molecule has 42 heavy (non-hydrogen) atoms. The van der Waals surface area contributed by atoms with Gasteiger partial charge in [0.05, 0.1) is 38.7 Å². The normalized spacial score (nSPS) is 20.5. The van der Waals surface area contributed by atoms with Crippen LogP contribution in [0.3, 0.4) is 0 Å². The van der Waals surface area contributed by atoms with Crippen LogP contribution in [0.5, 0.6) is 11.5 Å². The molecule has 5 rings (SSSR count). The Labute approximate surface area is 245 Å². The SMILES string of the molecule is COc1cc(CO)cc2c1OC1C2C(C(=O)NCCO)=CC(N(Cc2ccc(C)cc2)C(=O)Cc2ccccc2)C1O. The first-order valence-corrected chi connectivity index (χ1v) is 14.0. The van der Waals surface area contributed by atoms with Gasteiger partial charge in [0, 0.05) is 24.2 Å². The van der Waals surface area contributed by atoms with Crippen molar-refractivity contribution in [2.45, 2.75) is 50.7 Å². The summed E-state index contributed by atoms with van der Waals surface area (Å²) in [5, 5.41) is 33.8. The number of methoxy groups -OCH3 is 1. The van der Waals surface area contributed by atoms with Gasteiger partial charge >= 0.3 is 0 Å². The van der Waals surface area contributed by atoms with Gasteiger partial charge in [-0.25, -0.2) is 0 Å². The zero-order valence-electron chi connectivity index (χ0n) is 23.7. The number of carbonyl (C=O) groups is 2. The summed E-state index contributed by atoms with van der Waals surface area (Å²) in [5.74, 6) is -0.582. The maximum Gasteiger partial charge on any atom is 0.247 e. The average molecular weight is 573 g/mol. The summed E-state index contributed by atoms with van der Waals surface area (Å²) in [7, 11) is 1.48. The van der Waals surface area contributed by atoms with Gasteiger partial charge < -0.3 is 35.0 Å². The molecule has 220 valence electrons. The van der Waals surface area contributed by atoms with Crippen molar-refractivity contribution >= 4 is 11.8 Å². The first-order valence-electron chi connectivity index (χ1n) is 14.0. The van der Waals surface area contributed by atoms with E-state index in [-0.39, 0.29) is 38.6 Å². The van der Waals surface area contributed by atoms with Gasteiger partial charge in [-0.3, -0.25) is 9.59 Å². The van der Waals surface area contributed by atoms with Crippen LogP contribution in [0.25, 0.3) is 0 Å². The van der Waals surface area contributed by atoms with E-state index in [4.69, 9.17) is 9.47 Å². The number of aryl methyl sites for hydroxylation is 1. The van der Waals surface area contributed by atoms with Crippen LogP contribution in [-0.4, -0.2) is 70.5 Å². The highest BCUT2D eigenvalue weighted by Gasteiger charge is 2.51. The highest BCUT2D eigenvalue weighted by atomic mass is 16.5. The molecule has 0 bridgehead atoms. The standard InChI is InChI=1S/C33H36N2O7/c1-20-8-10-22(11-9-20)18-35(28(38)16-21-6-4-3-5-7-21)26-17-25(33(40)34-12-13-36)29-24-14-23(19-37)15-27(41-2)31(24)42-32(29)30(26)39/h3-11,14-15,17,26,29-30,32,36-37,39H,12-13,16,18-19H2,1-2H3,(H,34,40). The van der Waals surface area contributed by atoms with Crippen molar-refractivity contribution < 1.29 is 34.4 Å². The van der Waals surface area contributed by atoms with Gasteiger partial charge in [-0.15, -0.1) is 0 Å². The molecule has 1 aliphatic carbocycles. The highest BCUT2D eigenvalue weighted by Crippen LogP contribution is 2.51. The third-order valence-corrected chi connectivity index (χ3v) is 7.85. The summed E-state index contributed by atoms with van der Waals surface area (Å²) in [6, 6.07) is 19.7. The second-order valence-electron chi connectivity index (χ2n) is 10.7. The molecular weight excluding hydrogens is 536 g/mol. The van der Waals surface area contributed by atoms with E-state index in [1.807, 2.05) is 61.5 Å². The smallest absolute Gasteiger partial charge is 0.247 e. The topological polar surface area (TPSA) is 129 Å². The number of carbonyl (C=O) groups excluding carboxylic acids is 2. The summed E-state index contributed by atoms with van der Waals surface area (Å²) in [4.78, 5) is 29.1. The third-order valence-electron chi connectivity index (χ3n) is 7.85. The molecule has 2 aliphatic rings. The highest BCUT2D eigenvalue weighted by molar-refractivity contribution is 5.96. The number of ether oxygens (including phenoxy) is 2. The van der Waals surface area contributed by atoms with Gasteiger partial charge in [-0.1, -0.05) is 60.2 Å². The monoisotopic (exact) mass is 572 g/mol. The number of fused-ring (bicyclic) bond motifs is 3. The van der Waals surface area contributed by atoms with E-state index in [1.165, 1.54) is 7.11 Å². The molecule has 4 unspecified atom stereocenters. The van der Waals surface area contributed by atoms with Gasteiger partial charge in [0.25, 0.3) is 0 Å². The molecule has 3 aromatic rings. The Bertz CT molecular complexity index is 1460. The van der Waals surface area contributed by atoms with Crippen LogP contribution >= 0.6 is 0 Å². The Kier molecular flexibility index (Phi) is 8.91. The minimum atomic E-state index is -1.19. The number of hydrogen-bond donors (Lipinski definition) is 4. The van der Waals surface area contributed by atoms with E-state index < -0.39 is 30.1 Å². The Balaban J connectivity index is 1.59. The molecule has 0 radical (unpaired) electrons. The minimum Gasteiger partial charge on any atom is -0.493 e. The van der Waals surface area contributed by atoms with Crippen molar-refractivity contribution in [2.24, 2.45) is 0 Å². The van der Waals surface area contributed by atoms with Crippen LogP contribution in [0.1, 0.15) is 33.7 Å². The van der Waals surface area contributed by atoms with E-state index in [0.717, 1.165) is 16.7 Å². The molecule has 2 amide bonds. The fourth-order valence-electron chi connectivity index (χ4n) is 5.74. The molecule has 0 saturated heterocycles. The fraction of sp³-hybridized carbons (Fsp3) is 0.333. The van der Waals surface area contributed by atoms with Crippen LogP contribution in [0.4, 0.5) is 0 Å². The Morgan fingerprint density at radius 2 is 1.74 bits per heavy atom. The maximum absolute atomic E-state index is 13.9. The molecule has 0 spiro atoms. The Hall–Kier alpha value is -4.18. The lowest BCUT2D eigenvalue weighted by Crippen LogP contribution is -2.55. The zero-order chi connectivity index (χ0) is 29.8. The van der Waals surface area contributed by atoms with Gasteiger partial charge in [-0.2, -0.15) is 0 Å². The second-order valence-corrected chi connectivity index (χ2v) is 10.7. The van der Waals surface area contributed by atoms with Crippen molar-refractivity contribution in [1.82, 2.24) is 10.2 Å². The number of benzene rings is 3. The first kappa shape index (κ1) is 29.3. The van der Waals surface area contributed by atoms with Gasteiger partial charge in [0.15, 0.2) is 11.5 Å². The summed E-state index contributed by atoms with van der Waals surface area (Å²) in [6.07, 6.45) is -0.341. The molecule has 1 heterocycles. The molecule has 0 aromatic heterocycles. The van der Waals surface area contributed by atoms with Crippen LogP contribution in [0.15, 0.2) is 78.4 Å². The maximum atomic E-state index is 13.9. The average Bonchev–Trinajstić information content (AvgIpc) is 3.40. The van der Waals surface area contributed by atoms with E-state index in [2.05, 4.69) is 5.32 Å². The van der Waals surface area contributed by atoms with Crippen molar-refractivity contribution in [3.05, 3.63) is 106 Å². The number of nitrogens with zero attached hydrogens (tertiary/aromatic N) is 1. The number of aliphatic hydroxyl groups excluding tert-OH is 3. The molecule has 9 nitrogen and oxygen atoms in total. The second kappa shape index (κ2) is 12.8. The summed E-state index contributed by atoms with van der Waals surface area (Å²) >= 11 is 0. The van der Waals surface area contributed by atoms with Crippen LogP contribution in [0.2, 0.25) is 0 Å². The number of aliphatic hydroxyl groups is 3. The van der Waals surface area contributed by atoms with Gasteiger partial charge in [-0.05, 0) is 41.8 Å². The van der Waals surface area contributed by atoms with Crippen molar-refractivity contribution in [3.8, 4) is 11.5 Å². The molecule has 0 saturated carbocycles. The number of hydrogen-bond acceptors (Lipinski definition) is 7. The zero-order valence-corrected chi connectivity index (χ0v) is 23.7. The molecule has 0 fully saturated rings. The number of nitrogens with one attached hydrogen (secondary N) is 1. The molecule has 4 N–H and O–H groups in total. The Morgan fingerprint density at radius 1 is 1.00 bits per heavy atom. The molecule has 9 heteroatoms. The van der Waals surface area contributed by atoms with Crippen LogP contribution in [0, 0.1) is 6.92 Å². The summed E-state index contributed by atoms with van der Waals surface area (Å²) in [6.45, 7) is 1.73. The van der Waals surface area contributed by atoms with E-state index >= 15 is 0 Å². The molecular formula is C33H36N2O7. The predicted molar refractivity (Wildman–Crippen MR) is 156 cm³/mol. The number of rotatable bonds is 10. The first-order chi connectivity index (χ1) is 20.3. The number of amides is 2. The lowest BCUT2D eigenvalue weighted by molar-refractivity contribution is -0.137. The van der Waals surface area contributed by atoms with E-state index in [9.17, 15) is 24.9 Å². The summed E-state index contributed by atoms with van der Waals surface area (Å²) in [5.41, 5.74) is 4.27. The molecule has 4 atom stereocenters. The quantitative estimate of drug-likeness (QED) is 0.294. The van der Waals surface area contributed by atoms with Gasteiger partial charge in [0.1, 0.15) is 12.2 Å². The van der Waals surface area contributed by atoms with Crippen molar-refractivity contribution in [2.75, 3.05) is 20.3 Å². The Morgan fingerprint density at radius 3 is 2.40 bits per heavy atom. The van der Waals surface area contributed by atoms with E-state index in [1.54, 1.807) is 23.1 Å². The van der Waals surface area contributed by atoms with Crippen molar-refractivity contribution in [1.29, 1.82) is 0 Å². The third kappa shape index (κ3) is 5.90. The van der Waals surface area contributed by atoms with Gasteiger partial charge in [0.2, 0.25) is 11.8 Å². The molecule has 1 aliphatic heterocycles. The molecule has 3 aromatic carbocycles. The lowest BCUT2D eigenvalue weighted by atomic mass is 9.77. The van der Waals surface area contributed by atoms with Crippen molar-refractivity contribution in [3.63, 3.8) is 0 Å². The van der Waals surface area contributed by atoms with E-state index in [0.29, 0.717) is 28.2 Å². The fourth-order valence-corrected chi connectivity index (χ4v) is 5.74. The predicted octanol–water partition coefficient (Wildman–Crippen LogP) is 2.39. The minimum absolute atomic E-state index is 0.0362. The largest absolute Gasteiger partial charge is 0.493 e.